The van der Waals surface area contributed by atoms with Crippen LogP contribution in [0.25, 0.3) is 5.69 Å². The number of aromatic nitrogens is 3. The fourth-order valence-electron chi connectivity index (χ4n) is 3.85. The first-order chi connectivity index (χ1) is 16.3. The lowest BCUT2D eigenvalue weighted by Gasteiger charge is -2.36. The van der Waals surface area contributed by atoms with E-state index < -0.39 is 4.92 Å². The number of anilines is 1. The van der Waals surface area contributed by atoms with E-state index >= 15 is 0 Å². The number of non-ortho nitro benzene ring substituents is 1. The number of hydrogen-bond acceptors (Lipinski definition) is 8. The Bertz CT molecular complexity index is 1220. The van der Waals surface area contributed by atoms with E-state index in [-0.39, 0.29) is 17.3 Å². The molecule has 1 saturated heterocycles. The second kappa shape index (κ2) is 9.56. The Balaban J connectivity index is 1.48. The van der Waals surface area contributed by atoms with Gasteiger partial charge in [-0.3, -0.25) is 14.9 Å². The van der Waals surface area contributed by atoms with Crippen LogP contribution >= 0.6 is 11.6 Å². The number of benzene rings is 2. The summed E-state index contributed by atoms with van der Waals surface area (Å²) in [5.74, 6) is 0.976. The molecule has 0 saturated carbocycles. The third-order valence-electron chi connectivity index (χ3n) is 5.73. The summed E-state index contributed by atoms with van der Waals surface area (Å²) in [5.41, 5.74) is 2.17. The number of hydrogen-bond donors (Lipinski definition) is 0. The van der Waals surface area contributed by atoms with Crippen LogP contribution in [0, 0.1) is 17.0 Å². The number of halogens is 1. The second-order valence-electron chi connectivity index (χ2n) is 7.68. The van der Waals surface area contributed by atoms with Gasteiger partial charge in [0.2, 0.25) is 0 Å². The molecule has 1 fully saturated rings. The first-order valence-electron chi connectivity index (χ1n) is 10.5. The highest BCUT2D eigenvalue weighted by Gasteiger charge is 2.27. The van der Waals surface area contributed by atoms with Crippen LogP contribution in [0.15, 0.2) is 36.4 Å². The summed E-state index contributed by atoms with van der Waals surface area (Å²) in [6, 6.07) is 9.71. The minimum Gasteiger partial charge on any atom is -0.497 e. The molecular weight excluding hydrogens is 464 g/mol. The number of piperazine rings is 1. The Morgan fingerprint density at radius 3 is 2.26 bits per heavy atom. The summed E-state index contributed by atoms with van der Waals surface area (Å²) in [4.78, 5) is 27.4. The summed E-state index contributed by atoms with van der Waals surface area (Å²) in [7, 11) is 3.12. The molecule has 4 rings (SSSR count). The largest absolute Gasteiger partial charge is 0.497 e. The van der Waals surface area contributed by atoms with Crippen molar-refractivity contribution in [3.8, 4) is 17.2 Å². The second-order valence-corrected chi connectivity index (χ2v) is 8.09. The molecule has 0 aliphatic carbocycles. The van der Waals surface area contributed by atoms with Gasteiger partial charge in [-0.1, -0.05) is 16.8 Å². The number of carbonyl (C=O) groups is 1. The first kappa shape index (κ1) is 23.3. The van der Waals surface area contributed by atoms with Gasteiger partial charge in [-0.15, -0.1) is 5.10 Å². The fourth-order valence-corrected chi connectivity index (χ4v) is 4.15. The van der Waals surface area contributed by atoms with Gasteiger partial charge >= 0.3 is 0 Å². The molecule has 11 nitrogen and oxygen atoms in total. The van der Waals surface area contributed by atoms with Crippen LogP contribution in [0.4, 0.5) is 11.4 Å². The number of nitro groups is 1. The first-order valence-corrected chi connectivity index (χ1v) is 10.8. The van der Waals surface area contributed by atoms with E-state index in [1.807, 2.05) is 4.90 Å². The Labute approximate surface area is 200 Å². The lowest BCUT2D eigenvalue weighted by Crippen LogP contribution is -2.49. The lowest BCUT2D eigenvalue weighted by atomic mass is 10.2. The smallest absolute Gasteiger partial charge is 0.276 e. The molecule has 0 radical (unpaired) electrons. The van der Waals surface area contributed by atoms with Crippen molar-refractivity contribution in [2.24, 2.45) is 0 Å². The van der Waals surface area contributed by atoms with Gasteiger partial charge in [0, 0.05) is 56.5 Å². The predicted molar refractivity (Wildman–Crippen MR) is 125 cm³/mol. The van der Waals surface area contributed by atoms with Crippen LogP contribution in [0.5, 0.6) is 11.5 Å². The molecule has 178 valence electrons. The van der Waals surface area contributed by atoms with Crippen molar-refractivity contribution in [2.45, 2.75) is 6.92 Å². The normalized spacial score (nSPS) is 13.6. The molecule has 0 atom stereocenters. The van der Waals surface area contributed by atoms with Crippen molar-refractivity contribution in [1.29, 1.82) is 0 Å². The Morgan fingerprint density at radius 1 is 1.06 bits per heavy atom. The third-order valence-corrected chi connectivity index (χ3v) is 6.03. The number of nitrogens with zero attached hydrogens (tertiary/aromatic N) is 6. The molecule has 0 N–H and O–H groups in total. The summed E-state index contributed by atoms with van der Waals surface area (Å²) in [6.45, 7) is 3.75. The third kappa shape index (κ3) is 4.46. The van der Waals surface area contributed by atoms with Crippen LogP contribution < -0.4 is 14.4 Å². The molecule has 0 unspecified atom stereocenters. The number of rotatable bonds is 6. The molecule has 1 amide bonds. The average molecular weight is 487 g/mol. The molecule has 1 aliphatic heterocycles. The van der Waals surface area contributed by atoms with Crippen LogP contribution in [0.2, 0.25) is 5.02 Å². The molecule has 1 aliphatic rings. The zero-order chi connectivity index (χ0) is 24.4. The van der Waals surface area contributed by atoms with Crippen molar-refractivity contribution in [3.05, 3.63) is 62.9 Å². The standard InChI is InChI=1S/C22H23ClN6O5/c1-14-21(24-25-28(14)16-10-17(33-2)13-18(11-16)34-3)22(30)27-8-6-26(7-9-27)20-5-4-15(29(31)32)12-19(20)23/h4-5,10-13H,6-9H2,1-3H3. The Hall–Kier alpha value is -3.86. The number of amides is 1. The van der Waals surface area contributed by atoms with Gasteiger partial charge in [0.25, 0.3) is 11.6 Å². The Kier molecular flexibility index (Phi) is 6.55. The van der Waals surface area contributed by atoms with Crippen molar-refractivity contribution < 1.29 is 19.2 Å². The van der Waals surface area contributed by atoms with Gasteiger partial charge in [-0.25, -0.2) is 4.68 Å². The van der Waals surface area contributed by atoms with Crippen molar-refractivity contribution in [1.82, 2.24) is 19.9 Å². The van der Waals surface area contributed by atoms with Gasteiger partial charge in [-0.2, -0.15) is 0 Å². The SMILES string of the molecule is COc1cc(OC)cc(-n2nnc(C(=O)N3CCN(c4ccc([N+](=O)[O-])cc4Cl)CC3)c2C)c1. The summed E-state index contributed by atoms with van der Waals surface area (Å²) in [6.07, 6.45) is 0. The van der Waals surface area contributed by atoms with Crippen molar-refractivity contribution in [3.63, 3.8) is 0 Å². The topological polar surface area (TPSA) is 116 Å². The molecule has 0 bridgehead atoms. The van der Waals surface area contributed by atoms with Crippen molar-refractivity contribution >= 4 is 28.9 Å². The molecule has 2 aromatic carbocycles. The van der Waals surface area contributed by atoms with Gasteiger partial charge in [0.15, 0.2) is 5.69 Å². The van der Waals surface area contributed by atoms with E-state index in [4.69, 9.17) is 21.1 Å². The minimum atomic E-state index is -0.483. The van der Waals surface area contributed by atoms with Gasteiger partial charge in [-0.05, 0) is 13.0 Å². The fraction of sp³-hybridized carbons (Fsp3) is 0.318. The highest BCUT2D eigenvalue weighted by molar-refractivity contribution is 6.33. The number of methoxy groups -OCH3 is 2. The maximum Gasteiger partial charge on any atom is 0.276 e. The van der Waals surface area contributed by atoms with E-state index in [1.165, 1.54) is 12.1 Å². The minimum absolute atomic E-state index is 0.0604. The maximum atomic E-state index is 13.2. The number of nitro benzene ring substituents is 1. The van der Waals surface area contributed by atoms with Gasteiger partial charge in [0.05, 0.1) is 41.2 Å². The Morgan fingerprint density at radius 2 is 1.71 bits per heavy atom. The highest BCUT2D eigenvalue weighted by atomic mass is 35.5. The van der Waals surface area contributed by atoms with Crippen LogP contribution in [0.3, 0.4) is 0 Å². The average Bonchev–Trinajstić information content (AvgIpc) is 3.24. The number of carbonyl (C=O) groups excluding carboxylic acids is 1. The maximum absolute atomic E-state index is 13.2. The van der Waals surface area contributed by atoms with Gasteiger partial charge < -0.3 is 19.3 Å². The van der Waals surface area contributed by atoms with E-state index in [1.54, 1.807) is 55.0 Å². The molecule has 12 heteroatoms. The molecule has 3 aromatic rings. The summed E-state index contributed by atoms with van der Waals surface area (Å²) >= 11 is 6.26. The van der Waals surface area contributed by atoms with Crippen LogP contribution in [-0.2, 0) is 0 Å². The molecule has 0 spiro atoms. The van der Waals surface area contributed by atoms with Crippen LogP contribution in [0.1, 0.15) is 16.2 Å². The quantitative estimate of drug-likeness (QED) is 0.385. The molecule has 34 heavy (non-hydrogen) atoms. The molecular formula is C22H23ClN6O5. The van der Waals surface area contributed by atoms with E-state index in [9.17, 15) is 14.9 Å². The van der Waals surface area contributed by atoms with Crippen molar-refractivity contribution in [2.75, 3.05) is 45.3 Å². The monoisotopic (exact) mass is 486 g/mol. The van der Waals surface area contributed by atoms with Gasteiger partial charge in [0.1, 0.15) is 11.5 Å². The summed E-state index contributed by atoms with van der Waals surface area (Å²) in [5, 5.41) is 19.6. The van der Waals surface area contributed by atoms with E-state index in [0.717, 1.165) is 0 Å². The number of ether oxygens (including phenoxy) is 2. The van der Waals surface area contributed by atoms with Crippen LogP contribution in [-0.4, -0.2) is 71.1 Å². The summed E-state index contributed by atoms with van der Waals surface area (Å²) < 4.78 is 12.2. The lowest BCUT2D eigenvalue weighted by molar-refractivity contribution is -0.384. The zero-order valence-corrected chi connectivity index (χ0v) is 19.7. The van der Waals surface area contributed by atoms with E-state index in [0.29, 0.717) is 59.8 Å². The highest BCUT2D eigenvalue weighted by Crippen LogP contribution is 2.31. The zero-order valence-electron chi connectivity index (χ0n) is 18.9. The van der Waals surface area contributed by atoms with E-state index in [2.05, 4.69) is 10.3 Å². The molecule has 2 heterocycles. The molecule has 1 aromatic heterocycles. The predicted octanol–water partition coefficient (Wildman–Crippen LogP) is 3.12.